The van der Waals surface area contributed by atoms with Gasteiger partial charge in [0, 0.05) is 35.8 Å². The van der Waals surface area contributed by atoms with Gasteiger partial charge in [-0.25, -0.2) is 0 Å². The fraction of sp³-hybridized carbons (Fsp3) is 0.238. The standard InChI is InChI=1S/C21H21ClN2O3/c1-2-11-23-21(26)16-12-20(25)24(13-16)17-7-9-18(10-8-17)27-14-15-5-3-4-6-19(15)22/h2-10,16H,1,11-14H2,(H,23,26)/t16-/m0/s1. The molecule has 140 valence electrons. The second-order valence-electron chi connectivity index (χ2n) is 6.31. The highest BCUT2D eigenvalue weighted by Gasteiger charge is 2.34. The summed E-state index contributed by atoms with van der Waals surface area (Å²) in [6, 6.07) is 14.8. The zero-order valence-electron chi connectivity index (χ0n) is 14.9. The minimum atomic E-state index is -0.339. The van der Waals surface area contributed by atoms with Crippen LogP contribution in [0.4, 0.5) is 5.69 Å². The van der Waals surface area contributed by atoms with Gasteiger partial charge in [-0.15, -0.1) is 6.58 Å². The Labute approximate surface area is 163 Å². The van der Waals surface area contributed by atoms with Crippen LogP contribution < -0.4 is 15.0 Å². The summed E-state index contributed by atoms with van der Waals surface area (Å²) in [6.45, 7) is 4.72. The molecule has 2 amide bonds. The second-order valence-corrected chi connectivity index (χ2v) is 6.72. The number of rotatable bonds is 7. The lowest BCUT2D eigenvalue weighted by Crippen LogP contribution is -2.32. The van der Waals surface area contributed by atoms with Crippen LogP contribution in [0.5, 0.6) is 5.75 Å². The number of hydrogen-bond acceptors (Lipinski definition) is 3. The van der Waals surface area contributed by atoms with E-state index in [1.54, 1.807) is 11.0 Å². The van der Waals surface area contributed by atoms with E-state index in [2.05, 4.69) is 11.9 Å². The summed E-state index contributed by atoms with van der Waals surface area (Å²) in [5, 5.41) is 3.41. The molecule has 1 N–H and O–H groups in total. The summed E-state index contributed by atoms with van der Waals surface area (Å²) in [5.41, 5.74) is 1.66. The monoisotopic (exact) mass is 384 g/mol. The Kier molecular flexibility index (Phi) is 6.14. The lowest BCUT2D eigenvalue weighted by atomic mass is 10.1. The quantitative estimate of drug-likeness (QED) is 0.742. The maximum Gasteiger partial charge on any atom is 0.227 e. The summed E-state index contributed by atoms with van der Waals surface area (Å²) < 4.78 is 5.76. The van der Waals surface area contributed by atoms with Gasteiger partial charge in [0.05, 0.1) is 5.92 Å². The summed E-state index contributed by atoms with van der Waals surface area (Å²) in [4.78, 5) is 26.0. The van der Waals surface area contributed by atoms with Crippen LogP contribution in [0.15, 0.2) is 61.2 Å². The highest BCUT2D eigenvalue weighted by atomic mass is 35.5. The molecule has 2 aromatic rings. The van der Waals surface area contributed by atoms with Gasteiger partial charge in [-0.05, 0) is 30.3 Å². The number of nitrogens with one attached hydrogen (secondary N) is 1. The maximum atomic E-state index is 12.3. The summed E-state index contributed by atoms with van der Waals surface area (Å²) in [6.07, 6.45) is 1.83. The number of carbonyl (C=O) groups excluding carboxylic acids is 2. The topological polar surface area (TPSA) is 58.6 Å². The smallest absolute Gasteiger partial charge is 0.227 e. The molecule has 1 aliphatic rings. The van der Waals surface area contributed by atoms with E-state index in [0.29, 0.717) is 30.5 Å². The van der Waals surface area contributed by atoms with Gasteiger partial charge in [-0.3, -0.25) is 9.59 Å². The predicted molar refractivity (Wildman–Crippen MR) is 106 cm³/mol. The summed E-state index contributed by atoms with van der Waals surface area (Å²) in [5.74, 6) is 0.170. The molecule has 1 fully saturated rings. The molecule has 0 spiro atoms. The summed E-state index contributed by atoms with van der Waals surface area (Å²) in [7, 11) is 0. The van der Waals surface area contributed by atoms with Crippen LogP contribution >= 0.6 is 11.6 Å². The van der Waals surface area contributed by atoms with Gasteiger partial charge in [0.2, 0.25) is 11.8 Å². The number of amides is 2. The molecule has 0 aliphatic carbocycles. The second kappa shape index (κ2) is 8.73. The fourth-order valence-electron chi connectivity index (χ4n) is 2.95. The van der Waals surface area contributed by atoms with Crippen molar-refractivity contribution >= 4 is 29.1 Å². The molecule has 0 unspecified atom stereocenters. The van der Waals surface area contributed by atoms with E-state index in [9.17, 15) is 9.59 Å². The first kappa shape index (κ1) is 19.0. The molecule has 0 radical (unpaired) electrons. The number of ether oxygens (including phenoxy) is 1. The van der Waals surface area contributed by atoms with Crippen molar-refractivity contribution in [3.63, 3.8) is 0 Å². The largest absolute Gasteiger partial charge is 0.489 e. The molecule has 27 heavy (non-hydrogen) atoms. The van der Waals surface area contributed by atoms with E-state index in [-0.39, 0.29) is 24.2 Å². The van der Waals surface area contributed by atoms with E-state index in [1.165, 1.54) is 0 Å². The van der Waals surface area contributed by atoms with Gasteiger partial charge < -0.3 is 15.0 Å². The third-order valence-corrected chi connectivity index (χ3v) is 4.79. The minimum absolute atomic E-state index is 0.0570. The van der Waals surface area contributed by atoms with Crippen molar-refractivity contribution < 1.29 is 14.3 Å². The number of benzene rings is 2. The fourth-order valence-corrected chi connectivity index (χ4v) is 3.14. The van der Waals surface area contributed by atoms with E-state index in [0.717, 1.165) is 11.3 Å². The first-order valence-electron chi connectivity index (χ1n) is 8.73. The van der Waals surface area contributed by atoms with Crippen LogP contribution in [-0.4, -0.2) is 24.9 Å². The molecule has 1 saturated heterocycles. The van der Waals surface area contributed by atoms with Crippen molar-refractivity contribution in [1.29, 1.82) is 0 Å². The van der Waals surface area contributed by atoms with Crippen LogP contribution in [0.2, 0.25) is 5.02 Å². The van der Waals surface area contributed by atoms with Crippen molar-refractivity contribution in [2.75, 3.05) is 18.0 Å². The molecule has 1 heterocycles. The Morgan fingerprint density at radius 2 is 2.00 bits per heavy atom. The molecule has 3 rings (SSSR count). The predicted octanol–water partition coefficient (Wildman–Crippen LogP) is 3.57. The Hall–Kier alpha value is -2.79. The van der Waals surface area contributed by atoms with Crippen LogP contribution in [-0.2, 0) is 16.2 Å². The summed E-state index contributed by atoms with van der Waals surface area (Å²) >= 11 is 6.13. The number of nitrogens with zero attached hydrogens (tertiary/aromatic N) is 1. The average Bonchev–Trinajstić information content (AvgIpc) is 3.07. The third-order valence-electron chi connectivity index (χ3n) is 4.42. The molecule has 0 bridgehead atoms. The first-order valence-corrected chi connectivity index (χ1v) is 9.11. The van der Waals surface area contributed by atoms with E-state index in [4.69, 9.17) is 16.3 Å². The third kappa shape index (κ3) is 4.68. The normalized spacial score (nSPS) is 16.3. The lowest BCUT2D eigenvalue weighted by molar-refractivity contribution is -0.126. The van der Waals surface area contributed by atoms with Crippen molar-refractivity contribution in [3.8, 4) is 5.75 Å². The van der Waals surface area contributed by atoms with Crippen molar-refractivity contribution in [2.24, 2.45) is 5.92 Å². The Bertz CT molecular complexity index is 836. The first-order chi connectivity index (χ1) is 13.1. The van der Waals surface area contributed by atoms with E-state index >= 15 is 0 Å². The van der Waals surface area contributed by atoms with Crippen molar-refractivity contribution in [1.82, 2.24) is 5.32 Å². The number of hydrogen-bond donors (Lipinski definition) is 1. The van der Waals surface area contributed by atoms with Crippen molar-refractivity contribution in [3.05, 3.63) is 71.8 Å². The van der Waals surface area contributed by atoms with Crippen LogP contribution in [0.1, 0.15) is 12.0 Å². The van der Waals surface area contributed by atoms with Crippen LogP contribution in [0, 0.1) is 5.92 Å². The molecule has 6 heteroatoms. The molecule has 1 aliphatic heterocycles. The average molecular weight is 385 g/mol. The van der Waals surface area contributed by atoms with Gasteiger partial charge >= 0.3 is 0 Å². The van der Waals surface area contributed by atoms with Gasteiger partial charge in [0.25, 0.3) is 0 Å². The molecular formula is C21H21ClN2O3. The Morgan fingerprint density at radius 3 is 2.70 bits per heavy atom. The zero-order valence-corrected chi connectivity index (χ0v) is 15.6. The molecule has 0 aromatic heterocycles. The zero-order chi connectivity index (χ0) is 19.2. The molecule has 5 nitrogen and oxygen atoms in total. The Morgan fingerprint density at radius 1 is 1.26 bits per heavy atom. The van der Waals surface area contributed by atoms with Gasteiger partial charge in [-0.2, -0.15) is 0 Å². The van der Waals surface area contributed by atoms with Crippen LogP contribution in [0.3, 0.4) is 0 Å². The van der Waals surface area contributed by atoms with Gasteiger partial charge in [0.1, 0.15) is 12.4 Å². The number of halogens is 1. The SMILES string of the molecule is C=CCNC(=O)[C@H]1CC(=O)N(c2ccc(OCc3ccccc3Cl)cc2)C1. The molecule has 0 saturated carbocycles. The van der Waals surface area contributed by atoms with E-state index < -0.39 is 0 Å². The number of carbonyl (C=O) groups is 2. The molecule has 1 atom stereocenters. The van der Waals surface area contributed by atoms with Crippen LogP contribution in [0.25, 0.3) is 0 Å². The van der Waals surface area contributed by atoms with E-state index in [1.807, 2.05) is 48.5 Å². The number of anilines is 1. The van der Waals surface area contributed by atoms with Gasteiger partial charge in [0.15, 0.2) is 0 Å². The highest BCUT2D eigenvalue weighted by molar-refractivity contribution is 6.31. The highest BCUT2D eigenvalue weighted by Crippen LogP contribution is 2.27. The van der Waals surface area contributed by atoms with Gasteiger partial charge in [-0.1, -0.05) is 35.9 Å². The molecule has 2 aromatic carbocycles. The Balaban J connectivity index is 1.60. The van der Waals surface area contributed by atoms with Crippen molar-refractivity contribution in [2.45, 2.75) is 13.0 Å². The lowest BCUT2D eigenvalue weighted by Gasteiger charge is -2.17. The maximum absolute atomic E-state index is 12.3. The minimum Gasteiger partial charge on any atom is -0.489 e. The molecular weight excluding hydrogens is 364 g/mol.